The minimum absolute atomic E-state index is 0.0510. The second kappa shape index (κ2) is 8.17. The Morgan fingerprint density at radius 2 is 1.87 bits per heavy atom. The lowest BCUT2D eigenvalue weighted by atomic mass is 9.94. The van der Waals surface area contributed by atoms with Crippen LogP contribution in [0.25, 0.3) is 6.08 Å². The summed E-state index contributed by atoms with van der Waals surface area (Å²) in [6, 6.07) is 18.6. The van der Waals surface area contributed by atoms with Gasteiger partial charge in [-0.05, 0) is 35.8 Å². The number of carbonyl (C=O) groups is 1. The molecule has 7 heteroatoms. The number of nitrogens with zero attached hydrogens (tertiary/aromatic N) is 1. The van der Waals surface area contributed by atoms with Crippen LogP contribution in [0.4, 0.5) is 0 Å². The highest BCUT2D eigenvalue weighted by atomic mass is 32.2. The molecule has 2 aromatic rings. The molecule has 2 aliphatic heterocycles. The topological polar surface area (TPSA) is 96.3 Å². The summed E-state index contributed by atoms with van der Waals surface area (Å²) < 4.78 is 29.5. The van der Waals surface area contributed by atoms with Gasteiger partial charge in [-0.3, -0.25) is 4.79 Å². The van der Waals surface area contributed by atoms with Crippen molar-refractivity contribution >= 4 is 21.8 Å². The van der Waals surface area contributed by atoms with Crippen LogP contribution in [-0.2, 0) is 14.6 Å². The molecule has 1 saturated heterocycles. The average Bonchev–Trinajstić information content (AvgIpc) is 3.09. The largest absolute Gasteiger partial charge is 0.480 e. The molecule has 1 fully saturated rings. The van der Waals surface area contributed by atoms with E-state index in [4.69, 9.17) is 4.74 Å². The Labute approximate surface area is 175 Å². The van der Waals surface area contributed by atoms with Crippen molar-refractivity contribution in [1.29, 1.82) is 5.26 Å². The normalized spacial score (nSPS) is 22.2. The van der Waals surface area contributed by atoms with Crippen LogP contribution >= 0.6 is 0 Å². The fraction of sp³-hybridized carbons (Fsp3) is 0.217. The maximum absolute atomic E-state index is 12.6. The van der Waals surface area contributed by atoms with E-state index in [1.54, 1.807) is 0 Å². The monoisotopic (exact) mass is 420 g/mol. The first-order valence-corrected chi connectivity index (χ1v) is 11.4. The smallest absolute Gasteiger partial charge is 0.262 e. The summed E-state index contributed by atoms with van der Waals surface area (Å²) in [5.74, 6) is 0.104. The van der Waals surface area contributed by atoms with Gasteiger partial charge < -0.3 is 10.1 Å². The Hall–Kier alpha value is -3.37. The molecule has 2 aromatic carbocycles. The maximum Gasteiger partial charge on any atom is 0.262 e. The lowest BCUT2D eigenvalue weighted by Crippen LogP contribution is -2.36. The highest BCUT2D eigenvalue weighted by molar-refractivity contribution is 7.91. The van der Waals surface area contributed by atoms with Gasteiger partial charge in [-0.25, -0.2) is 8.42 Å². The van der Waals surface area contributed by atoms with Crippen molar-refractivity contribution in [3.63, 3.8) is 0 Å². The third-order valence-corrected chi connectivity index (χ3v) is 6.90. The van der Waals surface area contributed by atoms with Gasteiger partial charge in [0.25, 0.3) is 5.91 Å². The van der Waals surface area contributed by atoms with Crippen molar-refractivity contribution in [3.8, 4) is 11.8 Å². The molecule has 0 aliphatic carbocycles. The minimum atomic E-state index is -3.13. The number of hydrogen-bond acceptors (Lipinski definition) is 5. The Kier molecular flexibility index (Phi) is 5.42. The van der Waals surface area contributed by atoms with Crippen LogP contribution in [0.1, 0.15) is 23.7 Å². The summed E-state index contributed by atoms with van der Waals surface area (Å²) in [5, 5.41) is 12.3. The molecule has 2 heterocycles. The van der Waals surface area contributed by atoms with E-state index in [1.807, 2.05) is 66.7 Å². The number of benzene rings is 2. The van der Waals surface area contributed by atoms with E-state index in [0.29, 0.717) is 12.0 Å². The summed E-state index contributed by atoms with van der Waals surface area (Å²) in [7, 11) is -3.13. The first-order valence-electron chi connectivity index (χ1n) is 9.60. The van der Waals surface area contributed by atoms with Crippen LogP contribution < -0.4 is 10.1 Å². The third-order valence-electron chi connectivity index (χ3n) is 5.13. The molecule has 0 radical (unpaired) electrons. The number of sulfone groups is 1. The number of para-hydroxylation sites is 1. The fourth-order valence-corrected chi connectivity index (χ4v) is 5.32. The number of ether oxygens (including phenoxy) is 1. The molecule has 4 rings (SSSR count). The Bertz CT molecular complexity index is 1180. The second-order valence-corrected chi connectivity index (χ2v) is 9.56. The molecule has 0 bridgehead atoms. The second-order valence-electron chi connectivity index (χ2n) is 7.33. The van der Waals surface area contributed by atoms with Crippen molar-refractivity contribution in [1.82, 2.24) is 5.32 Å². The number of amides is 1. The van der Waals surface area contributed by atoms with Gasteiger partial charge in [0.05, 0.1) is 11.5 Å². The fourth-order valence-electron chi connectivity index (χ4n) is 3.65. The first-order chi connectivity index (χ1) is 14.4. The van der Waals surface area contributed by atoms with Gasteiger partial charge in [0, 0.05) is 11.6 Å². The zero-order valence-corrected chi connectivity index (χ0v) is 16.9. The Morgan fingerprint density at radius 1 is 1.13 bits per heavy atom. The van der Waals surface area contributed by atoms with Gasteiger partial charge >= 0.3 is 0 Å². The van der Waals surface area contributed by atoms with Gasteiger partial charge in [-0.1, -0.05) is 48.5 Å². The van der Waals surface area contributed by atoms with Crippen molar-refractivity contribution in [2.24, 2.45) is 0 Å². The molecule has 2 atom stereocenters. The quantitative estimate of drug-likeness (QED) is 0.606. The molecule has 0 spiro atoms. The van der Waals surface area contributed by atoms with Gasteiger partial charge in [-0.2, -0.15) is 5.26 Å². The number of rotatable bonds is 4. The maximum atomic E-state index is 12.6. The predicted molar refractivity (Wildman–Crippen MR) is 113 cm³/mol. The highest BCUT2D eigenvalue weighted by Gasteiger charge is 2.30. The molecule has 2 aliphatic rings. The van der Waals surface area contributed by atoms with Crippen molar-refractivity contribution < 1.29 is 17.9 Å². The van der Waals surface area contributed by atoms with Crippen molar-refractivity contribution in [3.05, 3.63) is 82.9 Å². The molecule has 6 nitrogen and oxygen atoms in total. The molecule has 0 saturated carbocycles. The number of carbonyl (C=O) groups excluding carboxylic acids is 1. The van der Waals surface area contributed by atoms with Crippen LogP contribution in [0.5, 0.6) is 5.75 Å². The summed E-state index contributed by atoms with van der Waals surface area (Å²) >= 11 is 0. The molecule has 152 valence electrons. The van der Waals surface area contributed by atoms with Crippen LogP contribution in [-0.4, -0.2) is 31.9 Å². The average molecular weight is 420 g/mol. The molecular formula is C23H20N2O4S. The van der Waals surface area contributed by atoms with E-state index in [1.165, 1.54) is 6.08 Å². The predicted octanol–water partition coefficient (Wildman–Crippen LogP) is 2.96. The Balaban J connectivity index is 1.66. The van der Waals surface area contributed by atoms with Gasteiger partial charge in [-0.15, -0.1) is 0 Å². The van der Waals surface area contributed by atoms with E-state index in [0.717, 1.165) is 16.9 Å². The summed E-state index contributed by atoms with van der Waals surface area (Å²) in [6.45, 7) is 0. The van der Waals surface area contributed by atoms with Crippen LogP contribution in [0, 0.1) is 11.3 Å². The number of nitrogens with one attached hydrogen (secondary N) is 1. The number of fused-ring (bicyclic) bond motifs is 1. The van der Waals surface area contributed by atoms with Crippen molar-refractivity contribution in [2.75, 3.05) is 11.5 Å². The molecular weight excluding hydrogens is 400 g/mol. The van der Waals surface area contributed by atoms with Crippen LogP contribution in [0.15, 0.2) is 71.8 Å². The zero-order valence-electron chi connectivity index (χ0n) is 16.1. The van der Waals surface area contributed by atoms with E-state index >= 15 is 0 Å². The molecule has 1 amide bonds. The minimum Gasteiger partial charge on any atom is -0.480 e. The Morgan fingerprint density at radius 3 is 2.57 bits per heavy atom. The zero-order chi connectivity index (χ0) is 21.1. The first kappa shape index (κ1) is 19.9. The van der Waals surface area contributed by atoms with E-state index < -0.39 is 27.9 Å². The third kappa shape index (κ3) is 4.29. The summed E-state index contributed by atoms with van der Waals surface area (Å²) in [4.78, 5) is 12.6. The van der Waals surface area contributed by atoms with Gasteiger partial charge in [0.2, 0.25) is 0 Å². The standard InChI is InChI=1S/C23H20N2O4S/c24-14-19(23(26)25-20-10-11-30(27,28)15-20)13-18-12-17-8-4-5-9-21(17)29-22(18)16-6-2-1-3-7-16/h1-9,12-13,20,22H,10-11,15H2,(H,25,26)/b19-13+. The lowest BCUT2D eigenvalue weighted by Gasteiger charge is -2.26. The number of nitriles is 1. The number of hydrogen-bond donors (Lipinski definition) is 1. The summed E-state index contributed by atoms with van der Waals surface area (Å²) in [5.41, 5.74) is 2.34. The molecule has 2 unspecified atom stereocenters. The SMILES string of the molecule is N#C/C(=C\C1=Cc2ccccc2OC1c1ccccc1)C(=O)NC1CCS(=O)(=O)C1. The van der Waals surface area contributed by atoms with Gasteiger partial charge in [0.1, 0.15) is 23.5 Å². The van der Waals surface area contributed by atoms with Crippen LogP contribution in [0.3, 0.4) is 0 Å². The molecule has 0 aromatic heterocycles. The lowest BCUT2D eigenvalue weighted by molar-refractivity contribution is -0.117. The highest BCUT2D eigenvalue weighted by Crippen LogP contribution is 2.38. The molecule has 1 N–H and O–H groups in total. The summed E-state index contributed by atoms with van der Waals surface area (Å²) in [6.07, 6.45) is 3.32. The molecule has 30 heavy (non-hydrogen) atoms. The van der Waals surface area contributed by atoms with Crippen LogP contribution in [0.2, 0.25) is 0 Å². The van der Waals surface area contributed by atoms with Gasteiger partial charge in [0.15, 0.2) is 9.84 Å². The van der Waals surface area contributed by atoms with E-state index in [9.17, 15) is 18.5 Å². The van der Waals surface area contributed by atoms with E-state index in [-0.39, 0.29) is 17.1 Å². The van der Waals surface area contributed by atoms with E-state index in [2.05, 4.69) is 5.32 Å². The van der Waals surface area contributed by atoms with Crippen molar-refractivity contribution in [2.45, 2.75) is 18.6 Å².